The van der Waals surface area contributed by atoms with E-state index in [0.717, 1.165) is 29.5 Å². The summed E-state index contributed by atoms with van der Waals surface area (Å²) in [5.74, 6) is 1.23. The van der Waals surface area contributed by atoms with Gasteiger partial charge in [0.15, 0.2) is 0 Å². The van der Waals surface area contributed by atoms with Crippen molar-refractivity contribution in [3.05, 3.63) is 71.9 Å². The van der Waals surface area contributed by atoms with Crippen LogP contribution in [0.4, 0.5) is 0 Å². The molecule has 2 N–H and O–H groups in total. The highest BCUT2D eigenvalue weighted by atomic mass is 16.5. The number of aromatic nitrogens is 1. The fraction of sp³-hybridized carbons (Fsp3) is 0.464. The number of hydrogen-bond donors (Lipinski definition) is 2. The third-order valence-corrected chi connectivity index (χ3v) is 8.96. The molecule has 1 aromatic heterocycles. The Morgan fingerprint density at radius 1 is 1.12 bits per heavy atom. The standard InChI is InChI=1S/C28H32N2O2/c1-27(2)20-15-22-25(18-8-4-3-5-9-18)32-13-12-28(22,16-20)26(27)30-24(31)14-19-17-29-23-11-7-6-10-21(19)23/h3-11,17,20,22,25-26,29H,12-16H2,1-2H3,(H,30,31)/t20-,22-,25-,26+,28-/m1/s1. The van der Waals surface area contributed by atoms with Gasteiger partial charge in [-0.1, -0.05) is 62.4 Å². The topological polar surface area (TPSA) is 54.1 Å². The molecule has 3 aromatic rings. The molecule has 1 saturated heterocycles. The number of para-hydroxylation sites is 1. The molecule has 1 aliphatic heterocycles. The molecule has 2 saturated carbocycles. The van der Waals surface area contributed by atoms with Crippen molar-refractivity contribution in [3.8, 4) is 0 Å². The molecule has 0 unspecified atom stereocenters. The first-order valence-electron chi connectivity index (χ1n) is 12.0. The molecule has 166 valence electrons. The lowest BCUT2D eigenvalue weighted by atomic mass is 9.59. The van der Waals surface area contributed by atoms with Crippen molar-refractivity contribution in [3.63, 3.8) is 0 Å². The zero-order chi connectivity index (χ0) is 21.9. The van der Waals surface area contributed by atoms with Crippen molar-refractivity contribution in [2.45, 2.75) is 51.7 Å². The van der Waals surface area contributed by atoms with Crippen LogP contribution in [-0.4, -0.2) is 23.5 Å². The molecule has 4 heteroatoms. The molecule has 0 radical (unpaired) electrons. The third-order valence-electron chi connectivity index (χ3n) is 8.96. The number of fused-ring (bicyclic) bond motifs is 2. The van der Waals surface area contributed by atoms with Gasteiger partial charge in [-0.3, -0.25) is 4.79 Å². The summed E-state index contributed by atoms with van der Waals surface area (Å²) in [6.45, 7) is 5.51. The SMILES string of the molecule is CC1(C)[C@@H]2C[C@@H]3[C@@H](c4ccccc4)OCC[C@]3(C2)[C@H]1NC(=O)Cc1c[nH]c2ccccc12. The van der Waals surface area contributed by atoms with Gasteiger partial charge in [-0.05, 0) is 59.1 Å². The summed E-state index contributed by atoms with van der Waals surface area (Å²) in [6.07, 6.45) is 5.98. The van der Waals surface area contributed by atoms with E-state index < -0.39 is 0 Å². The molecule has 6 rings (SSSR count). The Morgan fingerprint density at radius 2 is 1.91 bits per heavy atom. The maximum atomic E-state index is 13.3. The van der Waals surface area contributed by atoms with Gasteiger partial charge in [0.25, 0.3) is 0 Å². The number of H-pyrrole nitrogens is 1. The van der Waals surface area contributed by atoms with Crippen molar-refractivity contribution < 1.29 is 9.53 Å². The van der Waals surface area contributed by atoms with Gasteiger partial charge in [-0.2, -0.15) is 0 Å². The highest BCUT2D eigenvalue weighted by Gasteiger charge is 2.68. The van der Waals surface area contributed by atoms with E-state index in [1.165, 1.54) is 18.4 Å². The number of carbonyl (C=O) groups excluding carboxylic acids is 1. The zero-order valence-electron chi connectivity index (χ0n) is 18.9. The van der Waals surface area contributed by atoms with Crippen LogP contribution in [0.5, 0.6) is 0 Å². The molecule has 1 spiro atoms. The molecule has 3 fully saturated rings. The number of amides is 1. The first-order chi connectivity index (χ1) is 15.5. The van der Waals surface area contributed by atoms with Gasteiger partial charge in [0.2, 0.25) is 5.91 Å². The van der Waals surface area contributed by atoms with E-state index in [9.17, 15) is 4.79 Å². The van der Waals surface area contributed by atoms with Crippen LogP contribution in [0.3, 0.4) is 0 Å². The van der Waals surface area contributed by atoms with Crippen molar-refractivity contribution >= 4 is 16.8 Å². The van der Waals surface area contributed by atoms with E-state index in [4.69, 9.17) is 4.74 Å². The summed E-state index contributed by atoms with van der Waals surface area (Å²) in [7, 11) is 0. The largest absolute Gasteiger partial charge is 0.373 e. The monoisotopic (exact) mass is 428 g/mol. The Kier molecular flexibility index (Phi) is 4.52. The molecule has 2 bridgehead atoms. The van der Waals surface area contributed by atoms with E-state index in [1.807, 2.05) is 18.3 Å². The Morgan fingerprint density at radius 3 is 2.75 bits per heavy atom. The van der Waals surface area contributed by atoms with Crippen LogP contribution in [0.1, 0.15) is 50.3 Å². The first kappa shape index (κ1) is 20.0. The smallest absolute Gasteiger partial charge is 0.224 e. The fourth-order valence-electron chi connectivity index (χ4n) is 7.42. The van der Waals surface area contributed by atoms with Crippen molar-refractivity contribution in [1.29, 1.82) is 0 Å². The lowest BCUT2D eigenvalue weighted by Gasteiger charge is -2.53. The quantitative estimate of drug-likeness (QED) is 0.584. The van der Waals surface area contributed by atoms with Gasteiger partial charge < -0.3 is 15.0 Å². The highest BCUT2D eigenvalue weighted by molar-refractivity contribution is 5.89. The molecule has 2 aliphatic carbocycles. The average molecular weight is 429 g/mol. The molecule has 4 nitrogen and oxygen atoms in total. The summed E-state index contributed by atoms with van der Waals surface area (Å²) in [5.41, 5.74) is 3.67. The van der Waals surface area contributed by atoms with Crippen LogP contribution in [0.25, 0.3) is 10.9 Å². The highest BCUT2D eigenvalue weighted by Crippen LogP contribution is 2.70. The number of ether oxygens (including phenoxy) is 1. The van der Waals surface area contributed by atoms with E-state index in [1.54, 1.807) is 0 Å². The van der Waals surface area contributed by atoms with E-state index in [0.29, 0.717) is 18.3 Å². The van der Waals surface area contributed by atoms with Crippen LogP contribution in [0.2, 0.25) is 0 Å². The predicted molar refractivity (Wildman–Crippen MR) is 126 cm³/mol. The van der Waals surface area contributed by atoms with Crippen LogP contribution < -0.4 is 5.32 Å². The third kappa shape index (κ3) is 2.88. The predicted octanol–water partition coefficient (Wildman–Crippen LogP) is 5.41. The van der Waals surface area contributed by atoms with Gasteiger partial charge >= 0.3 is 0 Å². The number of nitrogens with one attached hydrogen (secondary N) is 2. The molecule has 5 atom stereocenters. The van der Waals surface area contributed by atoms with Crippen molar-refractivity contribution in [1.82, 2.24) is 10.3 Å². The van der Waals surface area contributed by atoms with Gasteiger partial charge in [-0.25, -0.2) is 0 Å². The molecular weight excluding hydrogens is 396 g/mol. The Hall–Kier alpha value is -2.59. The van der Waals surface area contributed by atoms with Crippen LogP contribution >= 0.6 is 0 Å². The summed E-state index contributed by atoms with van der Waals surface area (Å²) >= 11 is 0. The zero-order valence-corrected chi connectivity index (χ0v) is 18.9. The first-order valence-corrected chi connectivity index (χ1v) is 12.0. The maximum absolute atomic E-state index is 13.3. The summed E-state index contributed by atoms with van der Waals surface area (Å²) in [6, 6.07) is 19.1. The molecule has 3 aliphatic rings. The minimum atomic E-state index is 0.102. The maximum Gasteiger partial charge on any atom is 0.224 e. The second-order valence-electron chi connectivity index (χ2n) is 10.8. The number of benzene rings is 2. The van der Waals surface area contributed by atoms with E-state index in [2.05, 4.69) is 66.6 Å². The lowest BCUT2D eigenvalue weighted by Crippen LogP contribution is -2.59. The normalized spacial score (nSPS) is 32.7. The molecule has 2 heterocycles. The fourth-order valence-corrected chi connectivity index (χ4v) is 7.42. The van der Waals surface area contributed by atoms with Crippen molar-refractivity contribution in [2.24, 2.45) is 22.7 Å². The van der Waals surface area contributed by atoms with E-state index in [-0.39, 0.29) is 28.9 Å². The Balaban J connectivity index is 1.28. The number of rotatable bonds is 4. The van der Waals surface area contributed by atoms with Gasteiger partial charge in [-0.15, -0.1) is 0 Å². The summed E-state index contributed by atoms with van der Waals surface area (Å²) in [5, 5.41) is 4.70. The number of hydrogen-bond acceptors (Lipinski definition) is 2. The number of carbonyl (C=O) groups is 1. The van der Waals surface area contributed by atoms with Gasteiger partial charge in [0.05, 0.1) is 12.5 Å². The minimum Gasteiger partial charge on any atom is -0.373 e. The summed E-state index contributed by atoms with van der Waals surface area (Å²) in [4.78, 5) is 16.6. The number of aromatic amines is 1. The van der Waals surface area contributed by atoms with Crippen LogP contribution in [0.15, 0.2) is 60.8 Å². The Bertz CT molecular complexity index is 1150. The second kappa shape index (κ2) is 7.21. The summed E-state index contributed by atoms with van der Waals surface area (Å²) < 4.78 is 6.36. The van der Waals surface area contributed by atoms with Crippen LogP contribution in [-0.2, 0) is 16.0 Å². The van der Waals surface area contributed by atoms with Crippen LogP contribution in [0, 0.1) is 22.7 Å². The second-order valence-corrected chi connectivity index (χ2v) is 10.8. The van der Waals surface area contributed by atoms with Gasteiger partial charge in [0.1, 0.15) is 0 Å². The molecule has 32 heavy (non-hydrogen) atoms. The Labute approximate surface area is 189 Å². The molecule has 2 aromatic carbocycles. The molecular formula is C28H32N2O2. The van der Waals surface area contributed by atoms with Crippen molar-refractivity contribution in [2.75, 3.05) is 6.61 Å². The van der Waals surface area contributed by atoms with Gasteiger partial charge in [0, 0.05) is 29.7 Å². The molecule has 1 amide bonds. The van der Waals surface area contributed by atoms with E-state index >= 15 is 0 Å². The average Bonchev–Trinajstić information content (AvgIpc) is 3.45. The minimum absolute atomic E-state index is 0.102. The lowest BCUT2D eigenvalue weighted by molar-refractivity contribution is -0.136.